The fourth-order valence-corrected chi connectivity index (χ4v) is 1.72. The van der Waals surface area contributed by atoms with E-state index in [4.69, 9.17) is 14.3 Å². The minimum Gasteiger partial charge on any atom is -0.478 e. The van der Waals surface area contributed by atoms with Gasteiger partial charge in [-0.3, -0.25) is 0 Å². The number of aromatic nitrogens is 2. The van der Waals surface area contributed by atoms with Gasteiger partial charge in [0, 0.05) is 12.7 Å². The van der Waals surface area contributed by atoms with Gasteiger partial charge in [0.25, 0.3) is 0 Å². The van der Waals surface area contributed by atoms with Crippen LogP contribution in [-0.4, -0.2) is 28.4 Å². The molecule has 0 aliphatic rings. The molecule has 0 saturated carbocycles. The summed E-state index contributed by atoms with van der Waals surface area (Å²) in [4.78, 5) is 11.0. The van der Waals surface area contributed by atoms with Crippen LogP contribution in [0.25, 0.3) is 11.5 Å². The number of ether oxygens (including phenoxy) is 1. The Hall–Kier alpha value is -2.21. The molecule has 0 spiro atoms. The molecule has 0 saturated heterocycles. The van der Waals surface area contributed by atoms with Gasteiger partial charge in [-0.2, -0.15) is 0 Å². The van der Waals surface area contributed by atoms with E-state index in [1.807, 2.05) is 13.8 Å². The maximum atomic E-state index is 11.0. The zero-order chi connectivity index (χ0) is 14.8. The summed E-state index contributed by atoms with van der Waals surface area (Å²) in [5, 5.41) is 16.9. The van der Waals surface area contributed by atoms with Crippen molar-refractivity contribution in [2.24, 2.45) is 0 Å². The maximum absolute atomic E-state index is 11.0. The van der Waals surface area contributed by atoms with Crippen molar-refractivity contribution >= 4 is 5.97 Å². The van der Waals surface area contributed by atoms with Gasteiger partial charge in [-0.1, -0.05) is 13.0 Å². The number of hydrogen-bond acceptors (Lipinski definition) is 5. The van der Waals surface area contributed by atoms with Crippen molar-refractivity contribution in [3.05, 3.63) is 35.7 Å². The number of hydrogen-bond donors (Lipinski definition) is 1. The van der Waals surface area contributed by atoms with Crippen LogP contribution in [-0.2, 0) is 10.3 Å². The molecule has 6 heteroatoms. The van der Waals surface area contributed by atoms with Crippen LogP contribution in [0.5, 0.6) is 0 Å². The Morgan fingerprint density at radius 3 is 2.80 bits per heavy atom. The van der Waals surface area contributed by atoms with Crippen molar-refractivity contribution in [2.45, 2.75) is 25.9 Å². The van der Waals surface area contributed by atoms with Gasteiger partial charge in [0.15, 0.2) is 0 Å². The van der Waals surface area contributed by atoms with Gasteiger partial charge in [0.05, 0.1) is 5.56 Å². The molecule has 1 atom stereocenters. The van der Waals surface area contributed by atoms with Gasteiger partial charge in [-0.05, 0) is 31.5 Å². The third-order valence-corrected chi connectivity index (χ3v) is 3.36. The molecule has 20 heavy (non-hydrogen) atoms. The lowest BCUT2D eigenvalue weighted by atomic mass is 10.0. The summed E-state index contributed by atoms with van der Waals surface area (Å²) in [7, 11) is 1.58. The molecule has 0 amide bonds. The molecule has 1 aromatic heterocycles. The Bertz CT molecular complexity index is 617. The third-order valence-electron chi connectivity index (χ3n) is 3.36. The van der Waals surface area contributed by atoms with Crippen LogP contribution >= 0.6 is 0 Å². The summed E-state index contributed by atoms with van der Waals surface area (Å²) in [6.07, 6.45) is 0.681. The van der Waals surface area contributed by atoms with E-state index in [0.29, 0.717) is 17.9 Å². The molecule has 0 radical (unpaired) electrons. The van der Waals surface area contributed by atoms with E-state index in [9.17, 15) is 4.79 Å². The molecule has 2 rings (SSSR count). The minimum absolute atomic E-state index is 0.173. The van der Waals surface area contributed by atoms with Crippen LogP contribution in [0.15, 0.2) is 28.7 Å². The standard InChI is InChI=1S/C14H16N2O4/c1-4-14(2,19-3)13-16-15-11(20-13)9-6-5-7-10(8-9)12(17)18/h5-8H,4H2,1-3H3,(H,17,18). The van der Waals surface area contributed by atoms with Crippen LogP contribution in [0.3, 0.4) is 0 Å². The fourth-order valence-electron chi connectivity index (χ4n) is 1.72. The first-order chi connectivity index (χ1) is 9.50. The molecule has 6 nitrogen and oxygen atoms in total. The molecule has 1 heterocycles. The van der Waals surface area contributed by atoms with E-state index in [1.165, 1.54) is 12.1 Å². The van der Waals surface area contributed by atoms with Crippen molar-refractivity contribution in [1.29, 1.82) is 0 Å². The van der Waals surface area contributed by atoms with Gasteiger partial charge in [-0.15, -0.1) is 10.2 Å². The number of carboxylic acids is 1. The fraction of sp³-hybridized carbons (Fsp3) is 0.357. The molecule has 2 aromatic rings. The predicted molar refractivity (Wildman–Crippen MR) is 71.3 cm³/mol. The smallest absolute Gasteiger partial charge is 0.335 e. The molecule has 0 bridgehead atoms. The van der Waals surface area contributed by atoms with E-state index in [0.717, 1.165) is 0 Å². The van der Waals surface area contributed by atoms with E-state index >= 15 is 0 Å². The Balaban J connectivity index is 2.38. The number of carboxylic acid groups (broad SMARTS) is 1. The molecule has 1 aromatic carbocycles. The molecule has 1 N–H and O–H groups in total. The molecular weight excluding hydrogens is 260 g/mol. The minimum atomic E-state index is -0.998. The number of rotatable bonds is 5. The quantitative estimate of drug-likeness (QED) is 0.903. The number of aromatic carboxylic acids is 1. The van der Waals surface area contributed by atoms with Crippen molar-refractivity contribution in [2.75, 3.05) is 7.11 Å². The second-order valence-electron chi connectivity index (χ2n) is 4.59. The van der Waals surface area contributed by atoms with Gasteiger partial charge in [-0.25, -0.2) is 4.79 Å². The number of nitrogens with zero attached hydrogens (tertiary/aromatic N) is 2. The van der Waals surface area contributed by atoms with Crippen molar-refractivity contribution < 1.29 is 19.1 Å². The lowest BCUT2D eigenvalue weighted by Gasteiger charge is -2.21. The highest BCUT2D eigenvalue weighted by Crippen LogP contribution is 2.29. The summed E-state index contributed by atoms with van der Waals surface area (Å²) in [5.74, 6) is -0.347. The Labute approximate surface area is 116 Å². The first kappa shape index (κ1) is 14.2. The molecular formula is C14H16N2O4. The van der Waals surface area contributed by atoms with Crippen LogP contribution in [0.1, 0.15) is 36.5 Å². The molecule has 106 valence electrons. The second-order valence-corrected chi connectivity index (χ2v) is 4.59. The van der Waals surface area contributed by atoms with Crippen molar-refractivity contribution in [1.82, 2.24) is 10.2 Å². The molecule has 1 unspecified atom stereocenters. The summed E-state index contributed by atoms with van der Waals surface area (Å²) in [5.41, 5.74) is 0.0980. The zero-order valence-electron chi connectivity index (χ0n) is 11.6. The van der Waals surface area contributed by atoms with Gasteiger partial charge < -0.3 is 14.3 Å². The molecule has 0 aliphatic heterocycles. The lowest BCUT2D eigenvalue weighted by Crippen LogP contribution is -2.23. The third kappa shape index (κ3) is 2.55. The summed E-state index contributed by atoms with van der Waals surface area (Å²) >= 11 is 0. The monoisotopic (exact) mass is 276 g/mol. The zero-order valence-corrected chi connectivity index (χ0v) is 11.6. The Morgan fingerprint density at radius 2 is 2.20 bits per heavy atom. The highest BCUT2D eigenvalue weighted by molar-refractivity contribution is 5.88. The number of carbonyl (C=O) groups is 1. The number of methoxy groups -OCH3 is 1. The lowest BCUT2D eigenvalue weighted by molar-refractivity contribution is -0.0231. The SMILES string of the molecule is CCC(C)(OC)c1nnc(-c2cccc(C(=O)O)c2)o1. The van der Waals surface area contributed by atoms with E-state index in [-0.39, 0.29) is 11.5 Å². The normalized spacial score (nSPS) is 13.9. The van der Waals surface area contributed by atoms with Gasteiger partial charge in [0.1, 0.15) is 5.60 Å². The second kappa shape index (κ2) is 5.42. The largest absolute Gasteiger partial charge is 0.478 e. The molecule has 0 aliphatic carbocycles. The Kier molecular flexibility index (Phi) is 3.85. The van der Waals surface area contributed by atoms with Crippen LogP contribution in [0.2, 0.25) is 0 Å². The van der Waals surface area contributed by atoms with E-state index in [2.05, 4.69) is 10.2 Å². The Morgan fingerprint density at radius 1 is 1.45 bits per heavy atom. The van der Waals surface area contributed by atoms with Gasteiger partial charge >= 0.3 is 5.97 Å². The van der Waals surface area contributed by atoms with Gasteiger partial charge in [0.2, 0.25) is 11.8 Å². The summed E-state index contributed by atoms with van der Waals surface area (Å²) in [6, 6.07) is 6.36. The van der Waals surface area contributed by atoms with Crippen molar-refractivity contribution in [3.8, 4) is 11.5 Å². The number of benzene rings is 1. The highest BCUT2D eigenvalue weighted by atomic mass is 16.5. The molecule has 0 fully saturated rings. The maximum Gasteiger partial charge on any atom is 0.335 e. The van der Waals surface area contributed by atoms with Crippen LogP contribution < -0.4 is 0 Å². The average molecular weight is 276 g/mol. The predicted octanol–water partition coefficient (Wildman–Crippen LogP) is 2.71. The van der Waals surface area contributed by atoms with E-state index < -0.39 is 11.6 Å². The van der Waals surface area contributed by atoms with Crippen LogP contribution in [0.4, 0.5) is 0 Å². The highest BCUT2D eigenvalue weighted by Gasteiger charge is 2.30. The van der Waals surface area contributed by atoms with E-state index in [1.54, 1.807) is 19.2 Å². The summed E-state index contributed by atoms with van der Waals surface area (Å²) in [6.45, 7) is 3.82. The average Bonchev–Trinajstić information content (AvgIpc) is 2.97. The van der Waals surface area contributed by atoms with Crippen LogP contribution in [0, 0.1) is 0 Å². The first-order valence-corrected chi connectivity index (χ1v) is 6.23. The van der Waals surface area contributed by atoms with Crippen molar-refractivity contribution in [3.63, 3.8) is 0 Å². The first-order valence-electron chi connectivity index (χ1n) is 6.23. The summed E-state index contributed by atoms with van der Waals surface area (Å²) < 4.78 is 11.0. The topological polar surface area (TPSA) is 85.5 Å².